The molecule has 0 fully saturated rings. The largest absolute Gasteiger partial charge is 0.316 e. The third-order valence-electron chi connectivity index (χ3n) is 1.68. The van der Waals surface area contributed by atoms with E-state index in [4.69, 9.17) is 0 Å². The van der Waals surface area contributed by atoms with Gasteiger partial charge in [0, 0.05) is 19.8 Å². The van der Waals surface area contributed by atoms with E-state index in [1.165, 1.54) is 11.1 Å². The molecule has 0 unspecified atom stereocenters. The number of nitrogens with one attached hydrogen (secondary N) is 1. The first-order chi connectivity index (χ1) is 5.76. The summed E-state index contributed by atoms with van der Waals surface area (Å²) in [6.07, 6.45) is 6.10. The quantitative estimate of drug-likeness (QED) is 0.500. The molecule has 0 rings (SSSR count). The Morgan fingerprint density at radius 2 is 2.17 bits per heavy atom. The van der Waals surface area contributed by atoms with Crippen LogP contribution in [0.5, 0.6) is 0 Å². The van der Waals surface area contributed by atoms with Crippen LogP contribution < -0.4 is 5.32 Å². The van der Waals surface area contributed by atoms with Gasteiger partial charge >= 0.3 is 0 Å². The third-order valence-corrected chi connectivity index (χ3v) is 1.68. The van der Waals surface area contributed by atoms with Crippen LogP contribution in [0.15, 0.2) is 28.3 Å². The zero-order chi connectivity index (χ0) is 9.40. The zero-order valence-electron chi connectivity index (χ0n) is 8.39. The molecule has 0 atom stereocenters. The fourth-order valence-corrected chi connectivity index (χ4v) is 0.833. The number of likely N-dealkylation sites (N-methyl/N-ethyl adjacent to an activating group) is 1. The van der Waals surface area contributed by atoms with Crippen molar-refractivity contribution in [1.29, 1.82) is 0 Å². The SMILES string of the molecule is C/C=C(/C)C(=CCNC)/C=N\C. The average Bonchev–Trinajstić information content (AvgIpc) is 2.11. The first-order valence-electron chi connectivity index (χ1n) is 4.16. The highest BCUT2D eigenvalue weighted by Gasteiger charge is 1.92. The minimum atomic E-state index is 0.881. The van der Waals surface area contributed by atoms with Crippen molar-refractivity contribution in [3.63, 3.8) is 0 Å². The fraction of sp³-hybridized carbons (Fsp3) is 0.500. The van der Waals surface area contributed by atoms with Gasteiger partial charge < -0.3 is 5.32 Å². The van der Waals surface area contributed by atoms with E-state index in [9.17, 15) is 0 Å². The molecule has 0 aromatic carbocycles. The monoisotopic (exact) mass is 166 g/mol. The number of aliphatic imine (C=N–C) groups is 1. The van der Waals surface area contributed by atoms with Crippen molar-refractivity contribution in [3.8, 4) is 0 Å². The Balaban J connectivity index is 4.43. The summed E-state index contributed by atoms with van der Waals surface area (Å²) >= 11 is 0. The Morgan fingerprint density at radius 1 is 1.50 bits per heavy atom. The van der Waals surface area contributed by atoms with Crippen LogP contribution in [0, 0.1) is 0 Å². The number of allylic oxidation sites excluding steroid dienone is 3. The van der Waals surface area contributed by atoms with E-state index < -0.39 is 0 Å². The van der Waals surface area contributed by atoms with Gasteiger partial charge in [-0.1, -0.05) is 12.2 Å². The molecule has 68 valence electrons. The van der Waals surface area contributed by atoms with Crippen LogP contribution in [0.3, 0.4) is 0 Å². The van der Waals surface area contributed by atoms with Crippen LogP contribution in [0.25, 0.3) is 0 Å². The van der Waals surface area contributed by atoms with Gasteiger partial charge in [0.05, 0.1) is 0 Å². The summed E-state index contributed by atoms with van der Waals surface area (Å²) in [6, 6.07) is 0. The second kappa shape index (κ2) is 6.80. The number of nitrogens with zero attached hydrogens (tertiary/aromatic N) is 1. The Kier molecular flexibility index (Phi) is 6.29. The second-order valence-electron chi connectivity index (χ2n) is 2.58. The molecule has 2 nitrogen and oxygen atoms in total. The summed E-state index contributed by atoms with van der Waals surface area (Å²) in [4.78, 5) is 4.00. The van der Waals surface area contributed by atoms with Gasteiger partial charge in [0.15, 0.2) is 0 Å². The lowest BCUT2D eigenvalue weighted by Crippen LogP contribution is -2.06. The van der Waals surface area contributed by atoms with Crippen molar-refractivity contribution in [2.75, 3.05) is 20.6 Å². The number of rotatable bonds is 4. The second-order valence-corrected chi connectivity index (χ2v) is 2.58. The number of hydrogen-bond donors (Lipinski definition) is 1. The summed E-state index contributed by atoms with van der Waals surface area (Å²) in [5.41, 5.74) is 2.45. The summed E-state index contributed by atoms with van der Waals surface area (Å²) < 4.78 is 0. The van der Waals surface area contributed by atoms with Crippen molar-refractivity contribution >= 4 is 6.21 Å². The van der Waals surface area contributed by atoms with Crippen LogP contribution in [-0.2, 0) is 0 Å². The molecule has 1 N–H and O–H groups in total. The normalized spacial score (nSPS) is 14.3. The molecule has 0 saturated heterocycles. The lowest BCUT2D eigenvalue weighted by molar-refractivity contribution is 0.917. The Hall–Kier alpha value is -0.890. The van der Waals surface area contributed by atoms with Crippen molar-refractivity contribution in [2.45, 2.75) is 13.8 Å². The molecule has 0 bridgehead atoms. The predicted octanol–water partition coefficient (Wildman–Crippen LogP) is 1.80. The maximum absolute atomic E-state index is 4.00. The van der Waals surface area contributed by atoms with Crippen molar-refractivity contribution < 1.29 is 0 Å². The summed E-state index contributed by atoms with van der Waals surface area (Å²) in [6.45, 7) is 5.00. The van der Waals surface area contributed by atoms with Gasteiger partial charge in [0.2, 0.25) is 0 Å². The Morgan fingerprint density at radius 3 is 2.58 bits per heavy atom. The van der Waals surface area contributed by atoms with Crippen molar-refractivity contribution in [3.05, 3.63) is 23.3 Å². The van der Waals surface area contributed by atoms with E-state index >= 15 is 0 Å². The Labute approximate surface area is 75.1 Å². The van der Waals surface area contributed by atoms with Crippen LogP contribution in [0.1, 0.15) is 13.8 Å². The summed E-state index contributed by atoms with van der Waals surface area (Å²) in [7, 11) is 3.72. The maximum atomic E-state index is 4.00. The number of hydrogen-bond acceptors (Lipinski definition) is 2. The van der Waals surface area contributed by atoms with E-state index in [0.717, 1.165) is 6.54 Å². The molecule has 0 aliphatic carbocycles. The standard InChI is InChI=1S/C10H18N2/c1-5-9(2)10(8-12-4)6-7-11-3/h5-6,8,11H,7H2,1-4H3/b9-5-,10-6?,12-8-. The molecule has 0 aliphatic heterocycles. The molecule has 12 heavy (non-hydrogen) atoms. The van der Waals surface area contributed by atoms with Crippen LogP contribution in [0.4, 0.5) is 0 Å². The third kappa shape index (κ3) is 4.09. The molecular weight excluding hydrogens is 148 g/mol. The van der Waals surface area contributed by atoms with E-state index in [2.05, 4.69) is 29.4 Å². The van der Waals surface area contributed by atoms with Crippen molar-refractivity contribution in [1.82, 2.24) is 5.32 Å². The van der Waals surface area contributed by atoms with Gasteiger partial charge in [0.1, 0.15) is 0 Å². The molecule has 0 aliphatic rings. The van der Waals surface area contributed by atoms with E-state index in [-0.39, 0.29) is 0 Å². The fourth-order valence-electron chi connectivity index (χ4n) is 0.833. The smallest absolute Gasteiger partial charge is 0.0281 e. The topological polar surface area (TPSA) is 24.4 Å². The highest BCUT2D eigenvalue weighted by molar-refractivity contribution is 5.84. The first-order valence-corrected chi connectivity index (χ1v) is 4.16. The lowest BCUT2D eigenvalue weighted by Gasteiger charge is -2.00. The molecule has 0 amide bonds. The average molecular weight is 166 g/mol. The summed E-state index contributed by atoms with van der Waals surface area (Å²) in [5.74, 6) is 0. The first kappa shape index (κ1) is 11.1. The van der Waals surface area contributed by atoms with Crippen LogP contribution in [0.2, 0.25) is 0 Å². The van der Waals surface area contributed by atoms with Gasteiger partial charge in [-0.25, -0.2) is 0 Å². The Bertz CT molecular complexity index is 200. The molecule has 2 heteroatoms. The highest BCUT2D eigenvalue weighted by atomic mass is 14.8. The molecular formula is C10H18N2. The van der Waals surface area contributed by atoms with Crippen molar-refractivity contribution in [2.24, 2.45) is 4.99 Å². The molecule has 0 aromatic rings. The van der Waals surface area contributed by atoms with E-state index in [1.54, 1.807) is 7.05 Å². The maximum Gasteiger partial charge on any atom is 0.0281 e. The van der Waals surface area contributed by atoms with Crippen LogP contribution >= 0.6 is 0 Å². The van der Waals surface area contributed by atoms with E-state index in [0.29, 0.717) is 0 Å². The summed E-state index contributed by atoms with van der Waals surface area (Å²) in [5, 5.41) is 3.07. The minimum absolute atomic E-state index is 0.881. The zero-order valence-corrected chi connectivity index (χ0v) is 8.39. The predicted molar refractivity (Wildman–Crippen MR) is 55.9 cm³/mol. The molecule has 0 aromatic heterocycles. The van der Waals surface area contributed by atoms with Crippen LogP contribution in [-0.4, -0.2) is 26.9 Å². The molecule has 0 radical (unpaired) electrons. The van der Waals surface area contributed by atoms with Gasteiger partial charge in [-0.2, -0.15) is 0 Å². The molecule has 0 saturated carbocycles. The molecule has 0 heterocycles. The highest BCUT2D eigenvalue weighted by Crippen LogP contribution is 2.05. The lowest BCUT2D eigenvalue weighted by atomic mass is 10.1. The van der Waals surface area contributed by atoms with Gasteiger partial charge in [-0.15, -0.1) is 0 Å². The van der Waals surface area contributed by atoms with E-state index in [1.807, 2.05) is 20.2 Å². The minimum Gasteiger partial charge on any atom is -0.316 e. The van der Waals surface area contributed by atoms with Gasteiger partial charge in [-0.05, 0) is 32.0 Å². The molecule has 0 spiro atoms. The van der Waals surface area contributed by atoms with Gasteiger partial charge in [-0.3, -0.25) is 4.99 Å². The van der Waals surface area contributed by atoms with Gasteiger partial charge in [0.25, 0.3) is 0 Å².